The third-order valence-electron chi connectivity index (χ3n) is 2.72. The predicted molar refractivity (Wildman–Crippen MR) is 59.9 cm³/mol. The predicted octanol–water partition coefficient (Wildman–Crippen LogP) is 0.869. The van der Waals surface area contributed by atoms with Gasteiger partial charge in [-0.25, -0.2) is 4.79 Å². The maximum atomic E-state index is 11.8. The Kier molecular flexibility index (Phi) is 5.25. The van der Waals surface area contributed by atoms with Crippen LogP contribution in [0.2, 0.25) is 0 Å². The molecule has 1 fully saturated rings. The summed E-state index contributed by atoms with van der Waals surface area (Å²) in [6.07, 6.45) is 3.92. The van der Waals surface area contributed by atoms with Gasteiger partial charge in [-0.05, 0) is 25.7 Å². The van der Waals surface area contributed by atoms with Crippen LogP contribution in [-0.2, 0) is 4.79 Å². The highest BCUT2D eigenvalue weighted by Crippen LogP contribution is 2.12. The number of hydrogen-bond donors (Lipinski definition) is 2. The quantitative estimate of drug-likeness (QED) is 0.502. The first-order chi connectivity index (χ1) is 7.70. The standard InChI is InChI=1S/C11H20N2O3/c1-2-6-9-10(15)13(11(16)12-9)7-4-3-5-8-14/h9,14H,2-8H2,1H3,(H,12,16). The lowest BCUT2D eigenvalue weighted by molar-refractivity contribution is -0.127. The number of unbranched alkanes of at least 4 members (excludes halogenated alkanes) is 2. The van der Waals surface area contributed by atoms with E-state index in [1.54, 1.807) is 0 Å². The average Bonchev–Trinajstić information content (AvgIpc) is 2.52. The van der Waals surface area contributed by atoms with E-state index < -0.39 is 0 Å². The molecule has 16 heavy (non-hydrogen) atoms. The number of rotatable bonds is 7. The van der Waals surface area contributed by atoms with Crippen molar-refractivity contribution >= 4 is 11.9 Å². The van der Waals surface area contributed by atoms with Gasteiger partial charge in [-0.2, -0.15) is 0 Å². The number of aliphatic hydroxyl groups is 1. The smallest absolute Gasteiger partial charge is 0.324 e. The fraction of sp³-hybridized carbons (Fsp3) is 0.818. The highest BCUT2D eigenvalue weighted by Gasteiger charge is 2.36. The molecule has 0 aromatic carbocycles. The third-order valence-corrected chi connectivity index (χ3v) is 2.72. The highest BCUT2D eigenvalue weighted by molar-refractivity contribution is 6.04. The van der Waals surface area contributed by atoms with Gasteiger partial charge in [0.05, 0.1) is 0 Å². The summed E-state index contributed by atoms with van der Waals surface area (Å²) in [4.78, 5) is 24.5. The molecule has 2 N–H and O–H groups in total. The Hall–Kier alpha value is -1.10. The maximum Gasteiger partial charge on any atom is 0.324 e. The van der Waals surface area contributed by atoms with E-state index in [0.717, 1.165) is 25.7 Å². The van der Waals surface area contributed by atoms with E-state index in [1.807, 2.05) is 6.92 Å². The Morgan fingerprint density at radius 1 is 1.31 bits per heavy atom. The van der Waals surface area contributed by atoms with Crippen LogP contribution in [-0.4, -0.2) is 41.1 Å². The van der Waals surface area contributed by atoms with E-state index in [2.05, 4.69) is 5.32 Å². The molecule has 92 valence electrons. The molecule has 0 spiro atoms. The molecular weight excluding hydrogens is 208 g/mol. The SMILES string of the molecule is CCCC1NC(=O)N(CCCCCO)C1=O. The Morgan fingerprint density at radius 3 is 2.69 bits per heavy atom. The second-order valence-corrected chi connectivity index (χ2v) is 4.06. The van der Waals surface area contributed by atoms with Gasteiger partial charge in [0.25, 0.3) is 5.91 Å². The van der Waals surface area contributed by atoms with Crippen LogP contribution in [0.5, 0.6) is 0 Å². The summed E-state index contributed by atoms with van der Waals surface area (Å²) in [7, 11) is 0. The van der Waals surface area contributed by atoms with Crippen LogP contribution in [0.25, 0.3) is 0 Å². The van der Waals surface area contributed by atoms with E-state index in [4.69, 9.17) is 5.11 Å². The van der Waals surface area contributed by atoms with E-state index in [1.165, 1.54) is 4.90 Å². The molecule has 1 aliphatic rings. The molecule has 1 heterocycles. The van der Waals surface area contributed by atoms with Crippen molar-refractivity contribution in [3.05, 3.63) is 0 Å². The van der Waals surface area contributed by atoms with Crippen molar-refractivity contribution in [3.8, 4) is 0 Å². The van der Waals surface area contributed by atoms with Gasteiger partial charge in [0.15, 0.2) is 0 Å². The Bertz CT molecular complexity index is 256. The lowest BCUT2D eigenvalue weighted by Crippen LogP contribution is -2.32. The van der Waals surface area contributed by atoms with Crippen molar-refractivity contribution in [2.24, 2.45) is 0 Å². The van der Waals surface area contributed by atoms with E-state index >= 15 is 0 Å². The van der Waals surface area contributed by atoms with Gasteiger partial charge >= 0.3 is 6.03 Å². The Balaban J connectivity index is 2.36. The number of imide groups is 1. The number of nitrogens with one attached hydrogen (secondary N) is 1. The minimum Gasteiger partial charge on any atom is -0.396 e. The molecule has 0 aromatic heterocycles. The number of aliphatic hydroxyl groups excluding tert-OH is 1. The third kappa shape index (κ3) is 3.20. The minimum absolute atomic E-state index is 0.101. The molecule has 0 radical (unpaired) electrons. The second kappa shape index (κ2) is 6.48. The van der Waals surface area contributed by atoms with E-state index in [0.29, 0.717) is 13.0 Å². The lowest BCUT2D eigenvalue weighted by Gasteiger charge is -2.12. The fourth-order valence-electron chi connectivity index (χ4n) is 1.83. The van der Waals surface area contributed by atoms with Crippen LogP contribution < -0.4 is 5.32 Å². The number of carbonyl (C=O) groups is 2. The summed E-state index contributed by atoms with van der Waals surface area (Å²) < 4.78 is 0. The molecule has 1 unspecified atom stereocenters. The van der Waals surface area contributed by atoms with Gasteiger partial charge in [-0.3, -0.25) is 9.69 Å². The summed E-state index contributed by atoms with van der Waals surface area (Å²) in [6.45, 7) is 2.62. The Morgan fingerprint density at radius 2 is 2.06 bits per heavy atom. The molecule has 5 heteroatoms. The van der Waals surface area contributed by atoms with Crippen molar-refractivity contribution in [3.63, 3.8) is 0 Å². The van der Waals surface area contributed by atoms with Crippen LogP contribution in [0.1, 0.15) is 39.0 Å². The normalized spacial score (nSPS) is 20.4. The zero-order valence-electron chi connectivity index (χ0n) is 9.74. The first-order valence-electron chi connectivity index (χ1n) is 5.93. The fourth-order valence-corrected chi connectivity index (χ4v) is 1.83. The number of nitrogens with zero attached hydrogens (tertiary/aromatic N) is 1. The van der Waals surface area contributed by atoms with Crippen LogP contribution in [0.15, 0.2) is 0 Å². The summed E-state index contributed by atoms with van der Waals surface area (Å²) in [5.74, 6) is -0.101. The van der Waals surface area contributed by atoms with Crippen LogP contribution in [0, 0.1) is 0 Å². The molecule has 1 aliphatic heterocycles. The molecular formula is C11H20N2O3. The minimum atomic E-state index is -0.324. The maximum absolute atomic E-state index is 11.8. The van der Waals surface area contributed by atoms with Crippen LogP contribution in [0.3, 0.4) is 0 Å². The van der Waals surface area contributed by atoms with Gasteiger partial charge in [-0.15, -0.1) is 0 Å². The van der Waals surface area contributed by atoms with Gasteiger partial charge in [0.1, 0.15) is 6.04 Å². The Labute approximate surface area is 95.8 Å². The molecule has 1 atom stereocenters. The lowest BCUT2D eigenvalue weighted by atomic mass is 10.1. The van der Waals surface area contributed by atoms with E-state index in [9.17, 15) is 9.59 Å². The first-order valence-corrected chi connectivity index (χ1v) is 5.93. The number of carbonyl (C=O) groups excluding carboxylic acids is 2. The molecule has 3 amide bonds. The summed E-state index contributed by atoms with van der Waals surface area (Å²) in [5, 5.41) is 11.3. The summed E-state index contributed by atoms with van der Waals surface area (Å²) in [6, 6.07) is -0.595. The van der Waals surface area contributed by atoms with Gasteiger partial charge < -0.3 is 10.4 Å². The molecule has 5 nitrogen and oxygen atoms in total. The van der Waals surface area contributed by atoms with Gasteiger partial charge in [-0.1, -0.05) is 13.3 Å². The topological polar surface area (TPSA) is 69.6 Å². The van der Waals surface area contributed by atoms with Crippen LogP contribution in [0.4, 0.5) is 4.79 Å². The van der Waals surface area contributed by atoms with Crippen molar-refractivity contribution < 1.29 is 14.7 Å². The largest absolute Gasteiger partial charge is 0.396 e. The van der Waals surface area contributed by atoms with Gasteiger partial charge in [0.2, 0.25) is 0 Å². The zero-order valence-corrected chi connectivity index (χ0v) is 9.74. The van der Waals surface area contributed by atoms with Crippen molar-refractivity contribution in [1.82, 2.24) is 10.2 Å². The highest BCUT2D eigenvalue weighted by atomic mass is 16.3. The molecule has 0 bridgehead atoms. The molecule has 0 aromatic rings. The number of hydrogen-bond acceptors (Lipinski definition) is 3. The van der Waals surface area contributed by atoms with Gasteiger partial charge in [0, 0.05) is 13.2 Å². The second-order valence-electron chi connectivity index (χ2n) is 4.06. The molecule has 0 aliphatic carbocycles. The monoisotopic (exact) mass is 228 g/mol. The zero-order chi connectivity index (χ0) is 12.0. The summed E-state index contributed by atoms with van der Waals surface area (Å²) in [5.41, 5.74) is 0. The van der Waals surface area contributed by atoms with Crippen molar-refractivity contribution in [2.45, 2.75) is 45.1 Å². The molecule has 0 saturated carbocycles. The summed E-state index contributed by atoms with van der Waals surface area (Å²) >= 11 is 0. The average molecular weight is 228 g/mol. The molecule has 1 saturated heterocycles. The van der Waals surface area contributed by atoms with Crippen LogP contribution >= 0.6 is 0 Å². The number of amides is 3. The van der Waals surface area contributed by atoms with Crippen molar-refractivity contribution in [2.75, 3.05) is 13.2 Å². The van der Waals surface area contributed by atoms with E-state index in [-0.39, 0.29) is 24.6 Å². The first kappa shape index (κ1) is 13.0. The molecule has 1 rings (SSSR count). The van der Waals surface area contributed by atoms with Crippen molar-refractivity contribution in [1.29, 1.82) is 0 Å². The number of urea groups is 1.